The summed E-state index contributed by atoms with van der Waals surface area (Å²) in [6, 6.07) is 5.73. The molecule has 1 unspecified atom stereocenters. The fraction of sp³-hybridized carbons (Fsp3) is 0.467. The van der Waals surface area contributed by atoms with E-state index in [2.05, 4.69) is 5.32 Å². The van der Waals surface area contributed by atoms with Gasteiger partial charge in [0, 0.05) is 26.1 Å². The summed E-state index contributed by atoms with van der Waals surface area (Å²) >= 11 is 0. The zero-order valence-corrected chi connectivity index (χ0v) is 12.3. The molecule has 0 aromatic heterocycles. The van der Waals surface area contributed by atoms with Crippen LogP contribution in [0.25, 0.3) is 0 Å². The molecule has 0 aliphatic rings. The van der Waals surface area contributed by atoms with Crippen molar-refractivity contribution in [2.24, 2.45) is 0 Å². The third kappa shape index (κ3) is 6.74. The Morgan fingerprint density at radius 1 is 1.43 bits per heavy atom. The van der Waals surface area contributed by atoms with Crippen LogP contribution in [-0.4, -0.2) is 35.1 Å². The lowest BCUT2D eigenvalue weighted by Gasteiger charge is -2.21. The van der Waals surface area contributed by atoms with Crippen molar-refractivity contribution in [1.29, 1.82) is 0 Å². The Hall–Kier alpha value is -2.11. The predicted octanol–water partition coefficient (Wildman–Crippen LogP) is 2.61. The minimum atomic E-state index is -0.836. The van der Waals surface area contributed by atoms with Gasteiger partial charge in [-0.3, -0.25) is 4.79 Å². The van der Waals surface area contributed by atoms with E-state index in [1.165, 1.54) is 17.0 Å². The zero-order chi connectivity index (χ0) is 15.8. The van der Waals surface area contributed by atoms with Gasteiger partial charge < -0.3 is 15.3 Å². The normalized spacial score (nSPS) is 11.8. The van der Waals surface area contributed by atoms with Crippen LogP contribution < -0.4 is 5.32 Å². The molecule has 0 saturated carbocycles. The van der Waals surface area contributed by atoms with Gasteiger partial charge in [-0.15, -0.1) is 0 Å². The van der Waals surface area contributed by atoms with E-state index in [4.69, 9.17) is 5.11 Å². The van der Waals surface area contributed by atoms with E-state index in [1.807, 2.05) is 6.92 Å². The highest BCUT2D eigenvalue weighted by atomic mass is 19.1. The third-order valence-corrected chi connectivity index (χ3v) is 3.05. The van der Waals surface area contributed by atoms with Crippen LogP contribution in [0.1, 0.15) is 31.7 Å². The Labute approximate surface area is 123 Å². The number of urea groups is 1. The van der Waals surface area contributed by atoms with Gasteiger partial charge in [0.05, 0.1) is 0 Å². The maximum atomic E-state index is 13.1. The number of hydrogen-bond donors (Lipinski definition) is 2. The SMILES string of the molecule is CC(CCCC(=O)O)NC(=O)N(C)Cc1cccc(F)c1. The molecule has 0 fully saturated rings. The number of aliphatic carboxylic acids is 1. The predicted molar refractivity (Wildman–Crippen MR) is 77.3 cm³/mol. The van der Waals surface area contributed by atoms with E-state index in [9.17, 15) is 14.0 Å². The topological polar surface area (TPSA) is 69.6 Å². The first kappa shape index (κ1) is 16.9. The van der Waals surface area contributed by atoms with Crippen LogP contribution in [0.2, 0.25) is 0 Å². The number of hydrogen-bond acceptors (Lipinski definition) is 2. The quantitative estimate of drug-likeness (QED) is 0.812. The monoisotopic (exact) mass is 296 g/mol. The molecule has 0 aliphatic carbocycles. The van der Waals surface area contributed by atoms with Crippen molar-refractivity contribution in [2.75, 3.05) is 7.05 Å². The standard InChI is InChI=1S/C15H21FN2O3/c1-11(5-3-8-14(19)20)17-15(21)18(2)10-12-6-4-7-13(16)9-12/h4,6-7,9,11H,3,5,8,10H2,1-2H3,(H,17,21)(H,19,20). The smallest absolute Gasteiger partial charge is 0.317 e. The molecule has 6 heteroatoms. The Kier molecular flexibility index (Phi) is 6.65. The number of carboxylic acid groups (broad SMARTS) is 1. The lowest BCUT2D eigenvalue weighted by Crippen LogP contribution is -2.41. The number of benzene rings is 1. The Bertz CT molecular complexity index is 494. The van der Waals surface area contributed by atoms with Crippen LogP contribution in [0, 0.1) is 5.82 Å². The summed E-state index contributed by atoms with van der Waals surface area (Å²) in [5.41, 5.74) is 0.714. The average molecular weight is 296 g/mol. The summed E-state index contributed by atoms with van der Waals surface area (Å²) in [7, 11) is 1.63. The van der Waals surface area contributed by atoms with Gasteiger partial charge in [0.2, 0.25) is 0 Å². The van der Waals surface area contributed by atoms with Gasteiger partial charge in [-0.25, -0.2) is 9.18 Å². The van der Waals surface area contributed by atoms with Gasteiger partial charge in [-0.1, -0.05) is 12.1 Å². The summed E-state index contributed by atoms with van der Waals surface area (Å²) in [4.78, 5) is 23.8. The van der Waals surface area contributed by atoms with Crippen molar-refractivity contribution >= 4 is 12.0 Å². The van der Waals surface area contributed by atoms with Crippen LogP contribution in [0.3, 0.4) is 0 Å². The maximum absolute atomic E-state index is 13.1. The summed E-state index contributed by atoms with van der Waals surface area (Å²) in [5.74, 6) is -1.17. The van der Waals surface area contributed by atoms with Crippen molar-refractivity contribution in [1.82, 2.24) is 10.2 Å². The fourth-order valence-corrected chi connectivity index (χ4v) is 1.93. The molecule has 0 aliphatic heterocycles. The van der Waals surface area contributed by atoms with E-state index in [-0.39, 0.29) is 24.3 Å². The van der Waals surface area contributed by atoms with Crippen LogP contribution in [0.5, 0.6) is 0 Å². The number of amides is 2. The van der Waals surface area contributed by atoms with Crippen LogP contribution >= 0.6 is 0 Å². The Morgan fingerprint density at radius 3 is 2.76 bits per heavy atom. The number of carbonyl (C=O) groups excluding carboxylic acids is 1. The summed E-state index contributed by atoms with van der Waals surface area (Å²) < 4.78 is 13.1. The molecule has 5 nitrogen and oxygen atoms in total. The largest absolute Gasteiger partial charge is 0.481 e. The molecule has 1 aromatic rings. The fourth-order valence-electron chi connectivity index (χ4n) is 1.93. The van der Waals surface area contributed by atoms with Gasteiger partial charge >= 0.3 is 12.0 Å². The average Bonchev–Trinajstić information content (AvgIpc) is 2.38. The lowest BCUT2D eigenvalue weighted by atomic mass is 10.1. The molecular weight excluding hydrogens is 275 g/mol. The first-order valence-electron chi connectivity index (χ1n) is 6.86. The molecular formula is C15H21FN2O3. The van der Waals surface area contributed by atoms with Crippen LogP contribution in [-0.2, 0) is 11.3 Å². The Balaban J connectivity index is 2.38. The highest BCUT2D eigenvalue weighted by Crippen LogP contribution is 2.07. The highest BCUT2D eigenvalue weighted by Gasteiger charge is 2.12. The summed E-state index contributed by atoms with van der Waals surface area (Å²) in [5, 5.41) is 11.3. The first-order valence-corrected chi connectivity index (χ1v) is 6.86. The zero-order valence-electron chi connectivity index (χ0n) is 12.3. The van der Waals surface area contributed by atoms with Gasteiger partial charge in [0.25, 0.3) is 0 Å². The number of carbonyl (C=O) groups is 2. The minimum absolute atomic E-state index is 0.0966. The number of carboxylic acids is 1. The molecule has 0 saturated heterocycles. The minimum Gasteiger partial charge on any atom is -0.481 e. The van der Waals surface area contributed by atoms with Crippen molar-refractivity contribution in [3.63, 3.8) is 0 Å². The van der Waals surface area contributed by atoms with E-state index >= 15 is 0 Å². The van der Waals surface area contributed by atoms with E-state index in [0.717, 1.165) is 0 Å². The molecule has 0 spiro atoms. The molecule has 21 heavy (non-hydrogen) atoms. The molecule has 1 aromatic carbocycles. The second-order valence-corrected chi connectivity index (χ2v) is 5.12. The van der Waals surface area contributed by atoms with Gasteiger partial charge in [-0.2, -0.15) is 0 Å². The molecule has 0 heterocycles. The second kappa shape index (κ2) is 8.24. The molecule has 116 valence electrons. The van der Waals surface area contributed by atoms with E-state index < -0.39 is 5.97 Å². The first-order chi connectivity index (χ1) is 9.88. The highest BCUT2D eigenvalue weighted by molar-refractivity contribution is 5.74. The molecule has 2 amide bonds. The maximum Gasteiger partial charge on any atom is 0.317 e. The van der Waals surface area contributed by atoms with E-state index in [0.29, 0.717) is 24.9 Å². The van der Waals surface area contributed by atoms with Gasteiger partial charge in [0.1, 0.15) is 5.82 Å². The molecule has 0 bridgehead atoms. The van der Waals surface area contributed by atoms with Gasteiger partial charge in [0.15, 0.2) is 0 Å². The molecule has 1 rings (SSSR count). The number of rotatable bonds is 7. The summed E-state index contributed by atoms with van der Waals surface area (Å²) in [6.45, 7) is 2.14. The third-order valence-electron chi connectivity index (χ3n) is 3.05. The van der Waals surface area contributed by atoms with Crippen molar-refractivity contribution in [2.45, 2.75) is 38.8 Å². The van der Waals surface area contributed by atoms with Crippen molar-refractivity contribution in [3.8, 4) is 0 Å². The Morgan fingerprint density at radius 2 is 2.14 bits per heavy atom. The van der Waals surface area contributed by atoms with Crippen molar-refractivity contribution < 1.29 is 19.1 Å². The van der Waals surface area contributed by atoms with Crippen LogP contribution in [0.15, 0.2) is 24.3 Å². The molecule has 1 atom stereocenters. The summed E-state index contributed by atoms with van der Waals surface area (Å²) in [6.07, 6.45) is 1.22. The number of halogens is 1. The van der Waals surface area contributed by atoms with Crippen molar-refractivity contribution in [3.05, 3.63) is 35.6 Å². The molecule has 2 N–H and O–H groups in total. The van der Waals surface area contributed by atoms with Gasteiger partial charge in [-0.05, 0) is 37.5 Å². The van der Waals surface area contributed by atoms with Crippen LogP contribution in [0.4, 0.5) is 9.18 Å². The lowest BCUT2D eigenvalue weighted by molar-refractivity contribution is -0.137. The second-order valence-electron chi connectivity index (χ2n) is 5.12. The van der Waals surface area contributed by atoms with E-state index in [1.54, 1.807) is 19.2 Å². The molecule has 0 radical (unpaired) electrons. The number of nitrogens with zero attached hydrogens (tertiary/aromatic N) is 1. The number of nitrogens with one attached hydrogen (secondary N) is 1.